The van der Waals surface area contributed by atoms with Gasteiger partial charge in [-0.3, -0.25) is 14.5 Å². The number of aliphatic hydroxyl groups is 1. The Hall–Kier alpha value is -1.63. The molecule has 6 rings (SSSR count). The van der Waals surface area contributed by atoms with E-state index in [0.717, 1.165) is 30.6 Å². The fourth-order valence-corrected chi connectivity index (χ4v) is 8.01. The number of ether oxygens (including phenoxy) is 1. The van der Waals surface area contributed by atoms with Crippen LogP contribution in [0.15, 0.2) is 18.2 Å². The summed E-state index contributed by atoms with van der Waals surface area (Å²) in [6.07, 6.45) is 9.23. The second-order valence-corrected chi connectivity index (χ2v) is 13.4. The number of halogens is 1. The van der Waals surface area contributed by atoms with E-state index in [1.807, 2.05) is 20.8 Å². The van der Waals surface area contributed by atoms with Gasteiger partial charge in [0.25, 0.3) is 5.91 Å². The molecule has 1 aliphatic heterocycles. The van der Waals surface area contributed by atoms with E-state index in [1.54, 1.807) is 23.1 Å². The van der Waals surface area contributed by atoms with E-state index in [9.17, 15) is 14.7 Å². The third-order valence-corrected chi connectivity index (χ3v) is 9.19. The average Bonchev–Trinajstić information content (AvgIpc) is 2.80. The van der Waals surface area contributed by atoms with Gasteiger partial charge in [0.2, 0.25) is 0 Å². The first-order chi connectivity index (χ1) is 17.0. The van der Waals surface area contributed by atoms with Gasteiger partial charge in [-0.15, -0.1) is 0 Å². The van der Waals surface area contributed by atoms with Crippen LogP contribution in [0, 0.1) is 23.2 Å². The van der Waals surface area contributed by atoms with E-state index >= 15 is 0 Å². The van der Waals surface area contributed by atoms with Crippen molar-refractivity contribution in [1.82, 2.24) is 10.2 Å². The maximum Gasteiger partial charge on any atom is 0.323 e. The summed E-state index contributed by atoms with van der Waals surface area (Å²) >= 11 is 6.46. The Balaban J connectivity index is 1.28. The molecule has 0 spiro atoms. The largest absolute Gasteiger partial charge is 0.459 e. The maximum absolute atomic E-state index is 13.3. The summed E-state index contributed by atoms with van der Waals surface area (Å²) in [5.74, 6) is 1.99. The van der Waals surface area contributed by atoms with E-state index in [1.165, 1.54) is 38.5 Å². The first kappa shape index (κ1) is 26.0. The van der Waals surface area contributed by atoms with E-state index in [0.29, 0.717) is 35.7 Å². The van der Waals surface area contributed by atoms with Crippen molar-refractivity contribution in [2.24, 2.45) is 23.2 Å². The summed E-state index contributed by atoms with van der Waals surface area (Å²) in [6, 6.07) is 4.58. The molecule has 5 aliphatic rings. The number of esters is 1. The number of benzene rings is 1. The molecule has 4 aliphatic carbocycles. The molecule has 5 fully saturated rings. The molecule has 198 valence electrons. The molecule has 1 saturated heterocycles. The third kappa shape index (κ3) is 5.46. The lowest BCUT2D eigenvalue weighted by Crippen LogP contribution is -2.51. The molecular weight excluding hydrogens is 476 g/mol. The summed E-state index contributed by atoms with van der Waals surface area (Å²) in [6.45, 7) is 6.83. The zero-order valence-electron chi connectivity index (χ0n) is 21.9. The van der Waals surface area contributed by atoms with Gasteiger partial charge in [-0.25, -0.2) is 0 Å². The normalized spacial score (nSPS) is 32.8. The molecule has 6 nitrogen and oxygen atoms in total. The second-order valence-electron chi connectivity index (χ2n) is 13.0. The fraction of sp³-hybridized carbons (Fsp3) is 0.724. The zero-order chi connectivity index (χ0) is 25.7. The zero-order valence-corrected chi connectivity index (χ0v) is 22.7. The van der Waals surface area contributed by atoms with E-state index < -0.39 is 17.9 Å². The molecule has 36 heavy (non-hydrogen) atoms. The van der Waals surface area contributed by atoms with Crippen LogP contribution >= 0.6 is 11.6 Å². The Bertz CT molecular complexity index is 968. The number of nitrogens with zero attached hydrogens (tertiary/aromatic N) is 1. The minimum atomic E-state index is -1.02. The van der Waals surface area contributed by atoms with Crippen molar-refractivity contribution in [1.29, 1.82) is 0 Å². The Morgan fingerprint density at radius 3 is 2.39 bits per heavy atom. The quantitative estimate of drug-likeness (QED) is 0.490. The molecule has 2 atom stereocenters. The van der Waals surface area contributed by atoms with Crippen molar-refractivity contribution >= 4 is 23.5 Å². The van der Waals surface area contributed by atoms with Gasteiger partial charge in [-0.2, -0.15) is 0 Å². The van der Waals surface area contributed by atoms with E-state index in [-0.39, 0.29) is 17.3 Å². The summed E-state index contributed by atoms with van der Waals surface area (Å²) in [7, 11) is 0. The summed E-state index contributed by atoms with van der Waals surface area (Å²) in [5.41, 5.74) is 0.592. The van der Waals surface area contributed by atoms with Gasteiger partial charge in [0.1, 0.15) is 17.9 Å². The fourth-order valence-electron chi connectivity index (χ4n) is 7.81. The number of carbonyl (C=O) groups is 2. The molecular formula is C29H41ClN2O4. The molecule has 2 unspecified atom stereocenters. The molecule has 4 saturated carbocycles. The van der Waals surface area contributed by atoms with Crippen molar-refractivity contribution in [3.05, 3.63) is 34.3 Å². The number of amides is 1. The Morgan fingerprint density at radius 2 is 1.78 bits per heavy atom. The van der Waals surface area contributed by atoms with Crippen molar-refractivity contribution in [3.63, 3.8) is 0 Å². The van der Waals surface area contributed by atoms with Crippen LogP contribution in [0.3, 0.4) is 0 Å². The van der Waals surface area contributed by atoms with Crippen molar-refractivity contribution in [2.45, 2.75) is 96.4 Å². The van der Waals surface area contributed by atoms with Crippen LogP contribution in [-0.4, -0.2) is 46.6 Å². The maximum atomic E-state index is 13.3. The number of hydrogen-bond donors (Lipinski definition) is 2. The smallest absolute Gasteiger partial charge is 0.323 e. The third-order valence-electron chi connectivity index (χ3n) is 8.86. The minimum absolute atomic E-state index is 0.188. The number of aliphatic hydroxyl groups excluding tert-OH is 1. The summed E-state index contributed by atoms with van der Waals surface area (Å²) in [5, 5.41) is 14.9. The highest BCUT2D eigenvalue weighted by Crippen LogP contribution is 2.59. The molecule has 1 amide bonds. The van der Waals surface area contributed by atoms with Gasteiger partial charge in [0, 0.05) is 13.1 Å². The van der Waals surface area contributed by atoms with Crippen LogP contribution in [-0.2, 0) is 9.53 Å². The number of carbonyl (C=O) groups excluding carboxylic acids is 2. The van der Waals surface area contributed by atoms with Gasteiger partial charge in [-0.05, 0) is 113 Å². The lowest BCUT2D eigenvalue weighted by Gasteiger charge is -2.56. The Kier molecular flexibility index (Phi) is 7.16. The molecule has 0 radical (unpaired) electrons. The lowest BCUT2D eigenvalue weighted by atomic mass is 9.49. The standard InChI is InChI=1S/C29H41ClN2O4/c1-28(2,3)36-27(35)24-6-4-5-9-32(24)26(34)21-7-8-23(30)22(13-21)25(33)31-17-29-14-18-10-19(15-29)12-20(11-18)16-29/h7-8,13,18-20,24,26,34H,4-6,9-12,14-17H2,1-3H3,(H,31,33). The first-order valence-electron chi connectivity index (χ1n) is 13.8. The molecule has 1 heterocycles. The van der Waals surface area contributed by atoms with Crippen LogP contribution in [0.25, 0.3) is 0 Å². The monoisotopic (exact) mass is 516 g/mol. The van der Waals surface area contributed by atoms with Crippen LogP contribution in [0.5, 0.6) is 0 Å². The molecule has 0 aromatic heterocycles. The number of rotatable bonds is 6. The molecule has 7 heteroatoms. The highest BCUT2D eigenvalue weighted by molar-refractivity contribution is 6.33. The van der Waals surface area contributed by atoms with E-state index in [2.05, 4.69) is 5.32 Å². The lowest BCUT2D eigenvalue weighted by molar-refractivity contribution is -0.169. The first-order valence-corrected chi connectivity index (χ1v) is 14.1. The highest BCUT2D eigenvalue weighted by Gasteiger charge is 2.50. The SMILES string of the molecule is CC(C)(C)OC(=O)C1CCCCN1C(O)c1ccc(Cl)c(C(=O)NCC23CC4CC(CC(C4)C2)C3)c1. The van der Waals surface area contributed by atoms with Crippen LogP contribution in [0.2, 0.25) is 5.02 Å². The number of piperidine rings is 1. The predicted molar refractivity (Wildman–Crippen MR) is 140 cm³/mol. The minimum Gasteiger partial charge on any atom is -0.459 e. The van der Waals surface area contributed by atoms with Crippen molar-refractivity contribution in [3.8, 4) is 0 Å². The second kappa shape index (κ2) is 9.92. The van der Waals surface area contributed by atoms with Crippen LogP contribution in [0.1, 0.15) is 101 Å². The average molecular weight is 517 g/mol. The number of likely N-dealkylation sites (tertiary alicyclic amines) is 1. The van der Waals surface area contributed by atoms with E-state index in [4.69, 9.17) is 16.3 Å². The Labute approximate surface area is 220 Å². The van der Waals surface area contributed by atoms with Gasteiger partial charge in [0.15, 0.2) is 0 Å². The molecule has 1 aromatic carbocycles. The van der Waals surface area contributed by atoms with Gasteiger partial charge >= 0.3 is 5.97 Å². The van der Waals surface area contributed by atoms with Gasteiger partial charge in [-0.1, -0.05) is 24.1 Å². The summed E-state index contributed by atoms with van der Waals surface area (Å²) in [4.78, 5) is 27.9. The van der Waals surface area contributed by atoms with Gasteiger partial charge in [0.05, 0.1) is 10.6 Å². The predicted octanol–water partition coefficient (Wildman–Crippen LogP) is 5.47. The van der Waals surface area contributed by atoms with Crippen molar-refractivity contribution < 1.29 is 19.4 Å². The van der Waals surface area contributed by atoms with Crippen LogP contribution < -0.4 is 5.32 Å². The highest BCUT2D eigenvalue weighted by atomic mass is 35.5. The van der Waals surface area contributed by atoms with Gasteiger partial charge < -0.3 is 15.2 Å². The van der Waals surface area contributed by atoms with Crippen molar-refractivity contribution in [2.75, 3.05) is 13.1 Å². The topological polar surface area (TPSA) is 78.9 Å². The Morgan fingerprint density at radius 1 is 1.14 bits per heavy atom. The molecule has 2 N–H and O–H groups in total. The van der Waals surface area contributed by atoms with Crippen LogP contribution in [0.4, 0.5) is 0 Å². The number of nitrogens with one attached hydrogen (secondary N) is 1. The summed E-state index contributed by atoms with van der Waals surface area (Å²) < 4.78 is 5.63. The number of hydrogen-bond acceptors (Lipinski definition) is 5. The molecule has 1 aromatic rings. The molecule has 4 bridgehead atoms.